The molecule has 2 N–H and O–H groups in total. The average molecular weight is 339 g/mol. The van der Waals surface area contributed by atoms with Crippen molar-refractivity contribution in [3.63, 3.8) is 0 Å². The molecule has 0 aliphatic carbocycles. The van der Waals surface area contributed by atoms with Gasteiger partial charge in [0.05, 0.1) is 6.61 Å². The fourth-order valence-corrected chi connectivity index (χ4v) is 3.58. The van der Waals surface area contributed by atoms with Crippen molar-refractivity contribution >= 4 is 10.3 Å². The van der Waals surface area contributed by atoms with Gasteiger partial charge in [0, 0.05) is 0 Å². The highest BCUT2D eigenvalue weighted by atomic mass is 32.2. The molecule has 3 heterocycles. The first-order chi connectivity index (χ1) is 9.92. The summed E-state index contributed by atoms with van der Waals surface area (Å²) < 4.78 is 56.5. The van der Waals surface area contributed by atoms with Gasteiger partial charge in [-0.25, -0.2) is 9.32 Å². The number of ether oxygens (including phenoxy) is 5. The molecule has 0 aromatic carbocycles. The first-order valence-corrected chi connectivity index (χ1v) is 8.43. The molecule has 0 radical (unpaired) electrons. The van der Waals surface area contributed by atoms with E-state index in [2.05, 4.69) is 0 Å². The summed E-state index contributed by atoms with van der Waals surface area (Å²) in [4.78, 5) is 0. The Bertz CT molecular complexity index is 559. The van der Waals surface area contributed by atoms with Crippen LogP contribution in [0.25, 0.3) is 0 Å². The van der Waals surface area contributed by atoms with Crippen LogP contribution in [0.4, 0.5) is 0 Å². The maximum Gasteiger partial charge on any atom is 0.333 e. The highest BCUT2D eigenvalue weighted by molar-refractivity contribution is 7.84. The van der Waals surface area contributed by atoms with Crippen molar-refractivity contribution in [1.82, 2.24) is 0 Å². The summed E-state index contributed by atoms with van der Waals surface area (Å²) in [6, 6.07) is 0. The molecule has 0 saturated carbocycles. The smallest absolute Gasteiger partial charge is 0.333 e. The van der Waals surface area contributed by atoms with Crippen LogP contribution >= 0.6 is 0 Å². The molecule has 3 aliphatic rings. The van der Waals surface area contributed by atoms with E-state index in [4.69, 9.17) is 33.0 Å². The third kappa shape index (κ3) is 3.02. The lowest BCUT2D eigenvalue weighted by Gasteiger charge is -2.42. The van der Waals surface area contributed by atoms with Gasteiger partial charge in [0.15, 0.2) is 17.7 Å². The Morgan fingerprint density at radius 1 is 1.09 bits per heavy atom. The van der Waals surface area contributed by atoms with Gasteiger partial charge in [-0.1, -0.05) is 0 Å². The van der Waals surface area contributed by atoms with Crippen molar-refractivity contribution < 1.29 is 36.3 Å². The first-order valence-electron chi connectivity index (χ1n) is 6.96. The summed E-state index contributed by atoms with van der Waals surface area (Å²) in [5.41, 5.74) is 0. The lowest BCUT2D eigenvalue weighted by Crippen LogP contribution is -2.63. The van der Waals surface area contributed by atoms with Gasteiger partial charge in [0.2, 0.25) is 5.79 Å². The number of nitrogens with two attached hydrogens (primary N) is 1. The molecule has 3 aliphatic heterocycles. The molecule has 3 fully saturated rings. The molecule has 0 aromatic rings. The largest absolute Gasteiger partial charge is 0.345 e. The van der Waals surface area contributed by atoms with E-state index in [1.165, 1.54) is 0 Å². The van der Waals surface area contributed by atoms with E-state index in [9.17, 15) is 8.42 Å². The normalized spacial score (nSPS) is 43.4. The second kappa shape index (κ2) is 4.84. The Hall–Kier alpha value is -0.330. The lowest BCUT2D eigenvalue weighted by molar-refractivity contribution is -0.320. The molecule has 10 heteroatoms. The molecule has 0 bridgehead atoms. The van der Waals surface area contributed by atoms with Crippen LogP contribution in [0.3, 0.4) is 0 Å². The lowest BCUT2D eigenvalue weighted by atomic mass is 9.97. The third-order valence-corrected chi connectivity index (χ3v) is 4.20. The fourth-order valence-electron chi connectivity index (χ4n) is 3.04. The van der Waals surface area contributed by atoms with E-state index >= 15 is 0 Å². The van der Waals surface area contributed by atoms with Crippen LogP contribution in [0, 0.1) is 0 Å². The zero-order valence-electron chi connectivity index (χ0n) is 12.9. The standard InChI is InChI=1S/C12H21NO8S/c1-10(2)17-6-12(21-10)9(20-22(13,14)15)8-7(5-16-12)18-11(3,4)19-8/h7-9H,5-6H2,1-4H3,(H2,13,14,15)/t7-,8-,9-,12+/m0/s1. The monoisotopic (exact) mass is 339 g/mol. The average Bonchev–Trinajstić information content (AvgIpc) is 2.79. The van der Waals surface area contributed by atoms with Gasteiger partial charge < -0.3 is 23.7 Å². The Kier molecular flexibility index (Phi) is 3.63. The molecule has 3 rings (SSSR count). The summed E-state index contributed by atoms with van der Waals surface area (Å²) in [6.07, 6.45) is -2.33. The molecule has 0 amide bonds. The zero-order chi connectivity index (χ0) is 16.4. The maximum atomic E-state index is 11.5. The van der Waals surface area contributed by atoms with Crippen molar-refractivity contribution in [1.29, 1.82) is 0 Å². The Labute approximate surface area is 129 Å². The van der Waals surface area contributed by atoms with Gasteiger partial charge in [-0.05, 0) is 27.7 Å². The van der Waals surface area contributed by atoms with E-state index in [1.54, 1.807) is 27.7 Å². The highest BCUT2D eigenvalue weighted by Gasteiger charge is 2.64. The molecule has 4 atom stereocenters. The molecular formula is C12H21NO8S. The molecule has 0 unspecified atom stereocenters. The van der Waals surface area contributed by atoms with Gasteiger partial charge in [-0.2, -0.15) is 8.42 Å². The van der Waals surface area contributed by atoms with Crippen LogP contribution in [0.1, 0.15) is 27.7 Å². The van der Waals surface area contributed by atoms with Crippen molar-refractivity contribution in [2.45, 2.75) is 63.4 Å². The van der Waals surface area contributed by atoms with Crippen molar-refractivity contribution in [2.24, 2.45) is 5.14 Å². The van der Waals surface area contributed by atoms with Gasteiger partial charge in [0.1, 0.15) is 18.8 Å². The molecule has 0 aromatic heterocycles. The highest BCUT2D eigenvalue weighted by Crippen LogP contribution is 2.45. The topological polar surface area (TPSA) is 116 Å². The number of fused-ring (bicyclic) bond motifs is 1. The minimum absolute atomic E-state index is 0.00675. The predicted octanol–water partition coefficient (Wildman–Crippen LogP) is -0.395. The predicted molar refractivity (Wildman–Crippen MR) is 71.6 cm³/mol. The Morgan fingerprint density at radius 3 is 2.32 bits per heavy atom. The minimum Gasteiger partial charge on any atom is -0.345 e. The molecule has 128 valence electrons. The van der Waals surface area contributed by atoms with Gasteiger partial charge in [0.25, 0.3) is 0 Å². The van der Waals surface area contributed by atoms with E-state index in [0.717, 1.165) is 0 Å². The zero-order valence-corrected chi connectivity index (χ0v) is 13.7. The van der Waals surface area contributed by atoms with Crippen LogP contribution in [-0.2, 0) is 38.2 Å². The van der Waals surface area contributed by atoms with Crippen LogP contribution in [0.5, 0.6) is 0 Å². The SMILES string of the molecule is CC1(C)O[C@H]2[C@H](CO[C@@]3(COC(C)(C)O3)[C@H]2OS(N)(=O)=O)O1. The molecule has 3 saturated heterocycles. The number of hydrogen-bond acceptors (Lipinski definition) is 8. The summed E-state index contributed by atoms with van der Waals surface area (Å²) in [7, 11) is -4.25. The number of rotatable bonds is 2. The van der Waals surface area contributed by atoms with Crippen LogP contribution in [-0.4, -0.2) is 57.3 Å². The second-order valence-electron chi connectivity index (χ2n) is 6.56. The number of hydrogen-bond donors (Lipinski definition) is 1. The summed E-state index contributed by atoms with van der Waals surface area (Å²) in [5.74, 6) is -3.25. The van der Waals surface area contributed by atoms with Crippen LogP contribution in [0.15, 0.2) is 0 Å². The van der Waals surface area contributed by atoms with E-state index in [-0.39, 0.29) is 13.2 Å². The molecule has 22 heavy (non-hydrogen) atoms. The van der Waals surface area contributed by atoms with Gasteiger partial charge in [-0.15, -0.1) is 0 Å². The van der Waals surface area contributed by atoms with Crippen LogP contribution < -0.4 is 5.14 Å². The summed E-state index contributed by atoms with van der Waals surface area (Å²) in [5, 5.41) is 5.04. The fraction of sp³-hybridized carbons (Fsp3) is 1.00. The molecule has 9 nitrogen and oxygen atoms in total. The second-order valence-corrected chi connectivity index (χ2v) is 7.74. The van der Waals surface area contributed by atoms with E-state index in [1.807, 2.05) is 0 Å². The molecular weight excluding hydrogens is 318 g/mol. The van der Waals surface area contributed by atoms with Crippen molar-refractivity contribution in [3.8, 4) is 0 Å². The summed E-state index contributed by atoms with van der Waals surface area (Å²) >= 11 is 0. The maximum absolute atomic E-state index is 11.5. The first kappa shape index (κ1) is 16.5. The minimum atomic E-state index is -4.25. The van der Waals surface area contributed by atoms with E-state index in [0.29, 0.717) is 0 Å². The Balaban J connectivity index is 1.94. The van der Waals surface area contributed by atoms with Crippen molar-refractivity contribution in [3.05, 3.63) is 0 Å². The van der Waals surface area contributed by atoms with Crippen molar-refractivity contribution in [2.75, 3.05) is 13.2 Å². The third-order valence-electron chi connectivity index (χ3n) is 3.72. The Morgan fingerprint density at radius 2 is 1.77 bits per heavy atom. The quantitative estimate of drug-likeness (QED) is 0.723. The molecule has 1 spiro atoms. The van der Waals surface area contributed by atoms with Crippen LogP contribution in [0.2, 0.25) is 0 Å². The summed E-state index contributed by atoms with van der Waals surface area (Å²) in [6.45, 7) is 7.00. The van der Waals surface area contributed by atoms with Gasteiger partial charge >= 0.3 is 10.3 Å². The van der Waals surface area contributed by atoms with E-state index < -0.39 is 46.0 Å². The van der Waals surface area contributed by atoms with Gasteiger partial charge in [-0.3, -0.25) is 0 Å².